The fourth-order valence-electron chi connectivity index (χ4n) is 2.75. The van der Waals surface area contributed by atoms with Crippen molar-refractivity contribution >= 4 is 17.3 Å². The molecule has 1 aromatic carbocycles. The molecule has 106 valence electrons. The summed E-state index contributed by atoms with van der Waals surface area (Å²) in [6.07, 6.45) is 0.782. The maximum atomic E-state index is 9.56. The molecular formula is C15H23ClN2O. The summed E-state index contributed by atoms with van der Waals surface area (Å²) in [5, 5.41) is 10.3. The van der Waals surface area contributed by atoms with E-state index in [9.17, 15) is 5.11 Å². The van der Waals surface area contributed by atoms with Gasteiger partial charge >= 0.3 is 0 Å². The number of halogens is 1. The lowest BCUT2D eigenvalue weighted by atomic mass is 10.1. The van der Waals surface area contributed by atoms with Crippen LogP contribution in [0.1, 0.15) is 25.0 Å². The van der Waals surface area contributed by atoms with Gasteiger partial charge in [0.1, 0.15) is 0 Å². The van der Waals surface area contributed by atoms with Crippen LogP contribution in [0.4, 0.5) is 5.69 Å². The molecule has 19 heavy (non-hydrogen) atoms. The predicted molar refractivity (Wildman–Crippen MR) is 81.0 cm³/mol. The number of aliphatic hydroxyl groups is 1. The van der Waals surface area contributed by atoms with E-state index in [4.69, 9.17) is 11.6 Å². The second kappa shape index (κ2) is 6.12. The SMILES string of the molecule is CC(O)c1ccc(N(C)CC2CCN(C)C2)c(Cl)c1. The van der Waals surface area contributed by atoms with Gasteiger partial charge in [-0.2, -0.15) is 0 Å². The van der Waals surface area contributed by atoms with Gasteiger partial charge in [0.25, 0.3) is 0 Å². The summed E-state index contributed by atoms with van der Waals surface area (Å²) < 4.78 is 0. The maximum absolute atomic E-state index is 9.56. The zero-order valence-electron chi connectivity index (χ0n) is 11.9. The molecule has 0 aromatic heterocycles. The largest absolute Gasteiger partial charge is 0.389 e. The van der Waals surface area contributed by atoms with Gasteiger partial charge in [0.15, 0.2) is 0 Å². The Labute approximate surface area is 120 Å². The minimum Gasteiger partial charge on any atom is -0.389 e. The molecule has 0 radical (unpaired) electrons. The second-order valence-corrected chi connectivity index (χ2v) is 6.09. The molecule has 0 aliphatic carbocycles. The van der Waals surface area contributed by atoms with E-state index in [-0.39, 0.29) is 0 Å². The standard InChI is InChI=1S/C15H23ClN2O/c1-11(19)13-4-5-15(14(16)8-13)18(3)10-12-6-7-17(2)9-12/h4-5,8,11-12,19H,6-7,9-10H2,1-3H3. The maximum Gasteiger partial charge on any atom is 0.0762 e. The Bertz CT molecular complexity index is 436. The van der Waals surface area contributed by atoms with Crippen LogP contribution in [-0.2, 0) is 0 Å². The minimum atomic E-state index is -0.472. The molecule has 1 aromatic rings. The first-order valence-corrected chi connectivity index (χ1v) is 7.22. The summed E-state index contributed by atoms with van der Waals surface area (Å²) in [6.45, 7) is 5.13. The zero-order valence-corrected chi connectivity index (χ0v) is 12.7. The molecule has 1 saturated heterocycles. The van der Waals surface area contributed by atoms with Crippen molar-refractivity contribution < 1.29 is 5.11 Å². The topological polar surface area (TPSA) is 26.7 Å². The van der Waals surface area contributed by atoms with Crippen LogP contribution in [0.3, 0.4) is 0 Å². The van der Waals surface area contributed by atoms with Gasteiger partial charge in [-0.3, -0.25) is 0 Å². The Balaban J connectivity index is 2.04. The van der Waals surface area contributed by atoms with Crippen molar-refractivity contribution in [1.29, 1.82) is 0 Å². The summed E-state index contributed by atoms with van der Waals surface area (Å²) in [6, 6.07) is 5.81. The molecule has 0 saturated carbocycles. The van der Waals surface area contributed by atoms with Crippen molar-refractivity contribution in [2.75, 3.05) is 38.6 Å². The van der Waals surface area contributed by atoms with Gasteiger partial charge in [0, 0.05) is 20.1 Å². The first kappa shape index (κ1) is 14.6. The number of aliphatic hydroxyl groups excluding tert-OH is 1. The van der Waals surface area contributed by atoms with E-state index in [2.05, 4.69) is 23.9 Å². The summed E-state index contributed by atoms with van der Waals surface area (Å²) in [7, 11) is 4.26. The smallest absolute Gasteiger partial charge is 0.0762 e. The Morgan fingerprint density at radius 1 is 1.53 bits per heavy atom. The molecule has 2 atom stereocenters. The van der Waals surface area contributed by atoms with Crippen molar-refractivity contribution in [1.82, 2.24) is 4.90 Å². The van der Waals surface area contributed by atoms with E-state index in [0.717, 1.165) is 24.3 Å². The van der Waals surface area contributed by atoms with E-state index in [1.165, 1.54) is 13.0 Å². The van der Waals surface area contributed by atoms with Crippen molar-refractivity contribution in [3.63, 3.8) is 0 Å². The Hall–Kier alpha value is -0.770. The molecule has 0 amide bonds. The fourth-order valence-corrected chi connectivity index (χ4v) is 3.09. The number of hydrogen-bond donors (Lipinski definition) is 1. The summed E-state index contributed by atoms with van der Waals surface area (Å²) >= 11 is 6.32. The molecule has 1 heterocycles. The van der Waals surface area contributed by atoms with Crippen LogP contribution in [0.25, 0.3) is 0 Å². The molecular weight excluding hydrogens is 260 g/mol. The number of benzene rings is 1. The highest BCUT2D eigenvalue weighted by Crippen LogP contribution is 2.29. The quantitative estimate of drug-likeness (QED) is 0.920. The normalized spacial score (nSPS) is 21.6. The average molecular weight is 283 g/mol. The molecule has 1 aliphatic heterocycles. The van der Waals surface area contributed by atoms with Gasteiger partial charge in [-0.1, -0.05) is 17.7 Å². The molecule has 1 N–H and O–H groups in total. The fraction of sp³-hybridized carbons (Fsp3) is 0.600. The first-order valence-electron chi connectivity index (χ1n) is 6.84. The molecule has 0 bridgehead atoms. The van der Waals surface area contributed by atoms with Gasteiger partial charge in [-0.15, -0.1) is 0 Å². The van der Waals surface area contributed by atoms with Crippen LogP contribution in [0.15, 0.2) is 18.2 Å². The van der Waals surface area contributed by atoms with Gasteiger partial charge in [0.05, 0.1) is 16.8 Å². The Kier molecular flexibility index (Phi) is 4.71. The van der Waals surface area contributed by atoms with E-state index < -0.39 is 6.10 Å². The summed E-state index contributed by atoms with van der Waals surface area (Å²) in [5.41, 5.74) is 1.91. The number of hydrogen-bond acceptors (Lipinski definition) is 3. The van der Waals surface area contributed by atoms with E-state index in [0.29, 0.717) is 10.9 Å². The minimum absolute atomic E-state index is 0.472. The monoisotopic (exact) mass is 282 g/mol. The highest BCUT2D eigenvalue weighted by Gasteiger charge is 2.21. The molecule has 3 nitrogen and oxygen atoms in total. The highest BCUT2D eigenvalue weighted by atomic mass is 35.5. The lowest BCUT2D eigenvalue weighted by Gasteiger charge is -2.24. The molecule has 2 unspecified atom stereocenters. The number of anilines is 1. The first-order chi connectivity index (χ1) is 8.97. The Morgan fingerprint density at radius 2 is 2.26 bits per heavy atom. The van der Waals surface area contributed by atoms with Gasteiger partial charge in [0.2, 0.25) is 0 Å². The lowest BCUT2D eigenvalue weighted by Crippen LogP contribution is -2.27. The third-order valence-electron chi connectivity index (χ3n) is 3.89. The average Bonchev–Trinajstić information content (AvgIpc) is 2.74. The van der Waals surface area contributed by atoms with Crippen molar-refractivity contribution in [2.45, 2.75) is 19.4 Å². The zero-order chi connectivity index (χ0) is 14.0. The molecule has 2 rings (SSSR count). The third-order valence-corrected chi connectivity index (χ3v) is 4.19. The summed E-state index contributed by atoms with van der Waals surface area (Å²) in [4.78, 5) is 4.59. The molecule has 1 aliphatic rings. The third kappa shape index (κ3) is 3.62. The van der Waals surface area contributed by atoms with E-state index >= 15 is 0 Å². The van der Waals surface area contributed by atoms with Gasteiger partial charge < -0.3 is 14.9 Å². The number of rotatable bonds is 4. The lowest BCUT2D eigenvalue weighted by molar-refractivity contribution is 0.199. The van der Waals surface area contributed by atoms with Gasteiger partial charge in [-0.05, 0) is 50.6 Å². The van der Waals surface area contributed by atoms with Crippen LogP contribution in [-0.4, -0.2) is 43.7 Å². The number of likely N-dealkylation sites (tertiary alicyclic amines) is 1. The molecule has 0 spiro atoms. The van der Waals surface area contributed by atoms with Crippen LogP contribution < -0.4 is 4.90 Å². The van der Waals surface area contributed by atoms with Crippen molar-refractivity contribution in [2.24, 2.45) is 5.92 Å². The van der Waals surface area contributed by atoms with Crippen LogP contribution in [0.5, 0.6) is 0 Å². The van der Waals surface area contributed by atoms with Crippen molar-refractivity contribution in [3.8, 4) is 0 Å². The summed E-state index contributed by atoms with van der Waals surface area (Å²) in [5.74, 6) is 0.711. The van der Waals surface area contributed by atoms with Gasteiger partial charge in [-0.25, -0.2) is 0 Å². The Morgan fingerprint density at radius 3 is 2.79 bits per heavy atom. The predicted octanol–water partition coefficient (Wildman–Crippen LogP) is 2.78. The second-order valence-electron chi connectivity index (χ2n) is 5.68. The van der Waals surface area contributed by atoms with Crippen LogP contribution in [0.2, 0.25) is 5.02 Å². The molecule has 1 fully saturated rings. The number of nitrogens with zero attached hydrogens (tertiary/aromatic N) is 2. The van der Waals surface area contributed by atoms with Crippen molar-refractivity contribution in [3.05, 3.63) is 28.8 Å². The highest BCUT2D eigenvalue weighted by molar-refractivity contribution is 6.33. The van der Waals surface area contributed by atoms with Crippen LogP contribution in [0, 0.1) is 5.92 Å². The van der Waals surface area contributed by atoms with E-state index in [1.54, 1.807) is 6.92 Å². The van der Waals surface area contributed by atoms with Crippen LogP contribution >= 0.6 is 11.6 Å². The van der Waals surface area contributed by atoms with E-state index in [1.807, 2.05) is 18.2 Å². The molecule has 4 heteroatoms.